The van der Waals surface area contributed by atoms with Crippen LogP contribution in [0.2, 0.25) is 0 Å². The topological polar surface area (TPSA) is 80.5 Å². The smallest absolute Gasteiger partial charge is 0.241 e. The molecule has 6 nitrogen and oxygen atoms in total. The van der Waals surface area contributed by atoms with E-state index in [1.807, 2.05) is 11.0 Å². The molecule has 0 saturated carbocycles. The zero-order valence-electron chi connectivity index (χ0n) is 9.72. The van der Waals surface area contributed by atoms with Gasteiger partial charge >= 0.3 is 0 Å². The van der Waals surface area contributed by atoms with Gasteiger partial charge in [0, 0.05) is 25.8 Å². The molecule has 1 saturated heterocycles. The first-order valence-electron chi connectivity index (χ1n) is 5.49. The predicted octanol–water partition coefficient (Wildman–Crippen LogP) is -0.646. The highest BCUT2D eigenvalue weighted by Crippen LogP contribution is 2.26. The molecule has 1 amide bonds. The lowest BCUT2D eigenvalue weighted by Gasteiger charge is -2.35. The number of anilines is 1. The Morgan fingerprint density at radius 3 is 3.24 bits per heavy atom. The molecule has 1 unspecified atom stereocenters. The summed E-state index contributed by atoms with van der Waals surface area (Å²) < 4.78 is 5.25. The van der Waals surface area contributed by atoms with Crippen LogP contribution >= 0.6 is 0 Å². The highest BCUT2D eigenvalue weighted by atomic mass is 16.5. The van der Waals surface area contributed by atoms with Crippen LogP contribution < -0.4 is 20.7 Å². The minimum absolute atomic E-state index is 0.357. The lowest BCUT2D eigenvalue weighted by molar-refractivity contribution is -0.119. The highest BCUT2D eigenvalue weighted by Gasteiger charge is 2.29. The molecule has 0 spiro atoms. The number of nitrogens with one attached hydrogen (secondary N) is 1. The van der Waals surface area contributed by atoms with Gasteiger partial charge in [0.15, 0.2) is 11.6 Å². The summed E-state index contributed by atoms with van der Waals surface area (Å²) in [5.41, 5.74) is 5.40. The van der Waals surface area contributed by atoms with E-state index in [-0.39, 0.29) is 11.9 Å². The summed E-state index contributed by atoms with van der Waals surface area (Å²) in [5.74, 6) is 0.964. The molecule has 0 bridgehead atoms. The first kappa shape index (κ1) is 11.7. The average molecular weight is 236 g/mol. The molecule has 0 aromatic carbocycles. The van der Waals surface area contributed by atoms with Gasteiger partial charge in [-0.05, 0) is 12.1 Å². The fraction of sp³-hybridized carbons (Fsp3) is 0.455. The van der Waals surface area contributed by atoms with Gasteiger partial charge in [0.25, 0.3) is 0 Å². The third-order valence-electron chi connectivity index (χ3n) is 2.81. The van der Waals surface area contributed by atoms with Crippen LogP contribution in [0.15, 0.2) is 18.3 Å². The van der Waals surface area contributed by atoms with Crippen molar-refractivity contribution >= 4 is 11.7 Å². The van der Waals surface area contributed by atoms with Crippen molar-refractivity contribution in [3.05, 3.63) is 18.3 Å². The number of carbonyl (C=O) groups is 1. The molecule has 1 atom stereocenters. The van der Waals surface area contributed by atoms with Gasteiger partial charge in [-0.2, -0.15) is 0 Å². The minimum Gasteiger partial charge on any atom is -0.493 e. The Hall–Kier alpha value is -1.82. The second kappa shape index (κ2) is 5.01. The van der Waals surface area contributed by atoms with Gasteiger partial charge in [-0.15, -0.1) is 0 Å². The highest BCUT2D eigenvalue weighted by molar-refractivity contribution is 5.84. The van der Waals surface area contributed by atoms with Crippen LogP contribution in [0, 0.1) is 0 Å². The molecular formula is C11H16N4O2. The second-order valence-corrected chi connectivity index (χ2v) is 3.84. The molecule has 1 aliphatic rings. The zero-order chi connectivity index (χ0) is 12.3. The van der Waals surface area contributed by atoms with Crippen molar-refractivity contribution in [2.45, 2.75) is 6.04 Å². The lowest BCUT2D eigenvalue weighted by Crippen LogP contribution is -2.57. The Balaban J connectivity index is 2.32. The Bertz CT molecular complexity index is 410. The summed E-state index contributed by atoms with van der Waals surface area (Å²) in [6, 6.07) is 3.24. The Morgan fingerprint density at radius 1 is 1.71 bits per heavy atom. The number of nitrogens with two attached hydrogens (primary N) is 1. The largest absolute Gasteiger partial charge is 0.493 e. The molecule has 1 aromatic rings. The molecule has 1 fully saturated rings. The number of hydrogen-bond donors (Lipinski definition) is 2. The summed E-state index contributed by atoms with van der Waals surface area (Å²) >= 11 is 0. The van der Waals surface area contributed by atoms with Crippen molar-refractivity contribution < 1.29 is 9.53 Å². The molecule has 2 rings (SSSR count). The van der Waals surface area contributed by atoms with Crippen molar-refractivity contribution in [1.29, 1.82) is 0 Å². The van der Waals surface area contributed by atoms with Crippen LogP contribution in [-0.2, 0) is 4.79 Å². The Kier molecular flexibility index (Phi) is 3.43. The van der Waals surface area contributed by atoms with E-state index in [0.29, 0.717) is 24.7 Å². The molecule has 17 heavy (non-hydrogen) atoms. The van der Waals surface area contributed by atoms with Crippen molar-refractivity contribution in [3.8, 4) is 5.75 Å². The van der Waals surface area contributed by atoms with E-state index in [1.165, 1.54) is 0 Å². The molecule has 0 aliphatic carbocycles. The van der Waals surface area contributed by atoms with Gasteiger partial charge in [0.1, 0.15) is 6.04 Å². The van der Waals surface area contributed by atoms with E-state index >= 15 is 0 Å². The normalized spacial score (nSPS) is 20.1. The van der Waals surface area contributed by atoms with Gasteiger partial charge in [-0.1, -0.05) is 0 Å². The third kappa shape index (κ3) is 2.31. The van der Waals surface area contributed by atoms with Crippen LogP contribution in [0.3, 0.4) is 0 Å². The number of nitrogens with zero attached hydrogens (tertiary/aromatic N) is 2. The zero-order valence-corrected chi connectivity index (χ0v) is 9.72. The molecule has 0 radical (unpaired) electrons. The third-order valence-corrected chi connectivity index (χ3v) is 2.81. The number of amides is 1. The van der Waals surface area contributed by atoms with Crippen molar-refractivity contribution in [2.75, 3.05) is 31.6 Å². The molecule has 3 N–H and O–H groups in total. The SMILES string of the molecule is COc1cccnc1N1CCNCC1C(N)=O. The Labute approximate surface area is 99.8 Å². The van der Waals surface area contributed by atoms with Gasteiger partial charge < -0.3 is 20.7 Å². The van der Waals surface area contributed by atoms with Gasteiger partial charge in [-0.3, -0.25) is 4.79 Å². The fourth-order valence-electron chi connectivity index (χ4n) is 1.97. The predicted molar refractivity (Wildman–Crippen MR) is 64.0 cm³/mol. The maximum absolute atomic E-state index is 11.4. The number of rotatable bonds is 3. The maximum Gasteiger partial charge on any atom is 0.241 e. The van der Waals surface area contributed by atoms with Crippen LogP contribution in [-0.4, -0.2) is 43.7 Å². The van der Waals surface area contributed by atoms with Gasteiger partial charge in [0.05, 0.1) is 7.11 Å². The molecular weight excluding hydrogens is 220 g/mol. The van der Waals surface area contributed by atoms with Crippen LogP contribution in [0.25, 0.3) is 0 Å². The summed E-state index contributed by atoms with van der Waals surface area (Å²) in [7, 11) is 1.59. The number of pyridine rings is 1. The number of methoxy groups -OCH3 is 1. The van der Waals surface area contributed by atoms with Crippen molar-refractivity contribution in [1.82, 2.24) is 10.3 Å². The molecule has 92 valence electrons. The Morgan fingerprint density at radius 2 is 2.53 bits per heavy atom. The van der Waals surface area contributed by atoms with E-state index < -0.39 is 0 Å². The molecule has 2 heterocycles. The first-order valence-corrected chi connectivity index (χ1v) is 5.49. The second-order valence-electron chi connectivity index (χ2n) is 3.84. The van der Waals surface area contributed by atoms with E-state index in [2.05, 4.69) is 10.3 Å². The van der Waals surface area contributed by atoms with Crippen LogP contribution in [0.4, 0.5) is 5.82 Å². The molecule has 1 aromatic heterocycles. The summed E-state index contributed by atoms with van der Waals surface area (Å²) in [4.78, 5) is 17.6. The van der Waals surface area contributed by atoms with Crippen molar-refractivity contribution in [3.63, 3.8) is 0 Å². The summed E-state index contributed by atoms with van der Waals surface area (Å²) in [6.07, 6.45) is 1.68. The number of aromatic nitrogens is 1. The number of ether oxygens (including phenoxy) is 1. The van der Waals surface area contributed by atoms with Gasteiger partial charge in [-0.25, -0.2) is 4.98 Å². The maximum atomic E-state index is 11.4. The van der Waals surface area contributed by atoms with Crippen LogP contribution in [0.5, 0.6) is 5.75 Å². The van der Waals surface area contributed by atoms with E-state index in [0.717, 1.165) is 6.54 Å². The van der Waals surface area contributed by atoms with E-state index in [4.69, 9.17) is 10.5 Å². The first-order chi connectivity index (χ1) is 8.24. The van der Waals surface area contributed by atoms with Crippen molar-refractivity contribution in [2.24, 2.45) is 5.73 Å². The fourth-order valence-corrected chi connectivity index (χ4v) is 1.97. The minimum atomic E-state index is -0.382. The monoisotopic (exact) mass is 236 g/mol. The lowest BCUT2D eigenvalue weighted by atomic mass is 10.1. The number of hydrogen-bond acceptors (Lipinski definition) is 5. The van der Waals surface area contributed by atoms with Gasteiger partial charge in [0.2, 0.25) is 5.91 Å². The summed E-state index contributed by atoms with van der Waals surface area (Å²) in [5, 5.41) is 3.14. The van der Waals surface area contributed by atoms with E-state index in [9.17, 15) is 4.79 Å². The number of carbonyl (C=O) groups excluding carboxylic acids is 1. The molecule has 6 heteroatoms. The standard InChI is InChI=1S/C11H16N4O2/c1-17-9-3-2-4-14-11(9)15-6-5-13-7-8(15)10(12)16/h2-4,8,13H,5-7H2,1H3,(H2,12,16). The summed E-state index contributed by atoms with van der Waals surface area (Å²) in [6.45, 7) is 2.01. The quantitative estimate of drug-likeness (QED) is 0.729. The number of piperazine rings is 1. The number of primary amides is 1. The average Bonchev–Trinajstić information content (AvgIpc) is 2.38. The van der Waals surface area contributed by atoms with E-state index in [1.54, 1.807) is 19.4 Å². The molecule has 1 aliphatic heterocycles. The van der Waals surface area contributed by atoms with Crippen LogP contribution in [0.1, 0.15) is 0 Å².